The number of ether oxygens (including phenoxy) is 2. The Bertz CT molecular complexity index is 1320. The van der Waals surface area contributed by atoms with E-state index in [0.717, 1.165) is 49.8 Å². The van der Waals surface area contributed by atoms with Crippen LogP contribution in [0.1, 0.15) is 163 Å². The molecule has 0 radical (unpaired) electrons. The van der Waals surface area contributed by atoms with Crippen LogP contribution in [0.25, 0.3) is 11.5 Å². The highest BCUT2D eigenvalue weighted by atomic mass is 16.5. The van der Waals surface area contributed by atoms with Crippen molar-refractivity contribution >= 4 is 11.8 Å². The van der Waals surface area contributed by atoms with Crippen LogP contribution in [0.4, 0.5) is 0 Å². The number of unbranched alkanes of at least 4 members (excludes halogenated alkanes) is 12. The number of carbonyl (C=O) groups excluding carboxylic acids is 2. The Morgan fingerprint density at radius 1 is 0.824 bits per heavy atom. The molecule has 2 aromatic rings. The molecule has 2 aliphatic carbocycles. The largest absolute Gasteiger partial charge is 0.488 e. The van der Waals surface area contributed by atoms with Gasteiger partial charge in [-0.2, -0.15) is 0 Å². The first kappa shape index (κ1) is 40.8. The fraction of sp³-hybridized carbons (Fsp3) is 0.762. The Labute approximate surface area is 308 Å². The van der Waals surface area contributed by atoms with Gasteiger partial charge < -0.3 is 24.5 Å². The van der Waals surface area contributed by atoms with Gasteiger partial charge in [-0.15, -0.1) is 10.2 Å². The zero-order valence-corrected chi connectivity index (χ0v) is 32.7. The minimum absolute atomic E-state index is 0.0609. The van der Waals surface area contributed by atoms with Crippen LogP contribution < -0.4 is 15.4 Å². The number of hydrogen-bond donors (Lipinski definition) is 2. The molecular weight excluding hydrogens is 640 g/mol. The molecule has 286 valence electrons. The van der Waals surface area contributed by atoms with Crippen molar-refractivity contribution in [1.82, 2.24) is 20.8 Å². The average molecular weight is 709 g/mol. The van der Waals surface area contributed by atoms with E-state index in [0.29, 0.717) is 37.8 Å². The van der Waals surface area contributed by atoms with E-state index in [-0.39, 0.29) is 29.2 Å². The van der Waals surface area contributed by atoms with Gasteiger partial charge in [0.05, 0.1) is 12.2 Å². The summed E-state index contributed by atoms with van der Waals surface area (Å²) in [6.45, 7) is 13.1. The van der Waals surface area contributed by atoms with E-state index in [1.54, 1.807) is 6.92 Å². The predicted octanol–water partition coefficient (Wildman–Crippen LogP) is 9.66. The molecule has 0 aliphatic heterocycles. The summed E-state index contributed by atoms with van der Waals surface area (Å²) in [6, 6.07) is 7.91. The number of nitrogens with one attached hydrogen (secondary N) is 2. The smallest absolute Gasteiger partial charge is 0.247 e. The van der Waals surface area contributed by atoms with Crippen molar-refractivity contribution in [3.63, 3.8) is 0 Å². The van der Waals surface area contributed by atoms with Crippen LogP contribution in [0, 0.1) is 18.3 Å². The van der Waals surface area contributed by atoms with Gasteiger partial charge in [0.25, 0.3) is 0 Å². The lowest BCUT2D eigenvalue weighted by molar-refractivity contribution is -0.142. The lowest BCUT2D eigenvalue weighted by atomic mass is 9.50. The predicted molar refractivity (Wildman–Crippen MR) is 203 cm³/mol. The molecule has 0 bridgehead atoms. The molecular formula is C42H68N4O5. The molecule has 0 unspecified atom stereocenters. The van der Waals surface area contributed by atoms with Gasteiger partial charge in [-0.05, 0) is 89.5 Å². The molecule has 2 saturated carbocycles. The molecule has 4 rings (SSSR count). The number of amides is 2. The van der Waals surface area contributed by atoms with E-state index in [4.69, 9.17) is 13.9 Å². The number of benzene rings is 1. The topological polar surface area (TPSA) is 116 Å². The molecule has 0 saturated heterocycles. The first-order chi connectivity index (χ1) is 24.4. The van der Waals surface area contributed by atoms with E-state index in [9.17, 15) is 9.59 Å². The SMILES string of the molecule is CCCCCCCCCCCCCCCC(=O)NC1CC2(C1)CC(C(=O)NCC(C)(C)OCCC(C)(C)Oc1ccc(-c3nnc(C)o3)cc1)C2. The minimum Gasteiger partial charge on any atom is -0.488 e. The second kappa shape index (κ2) is 19.8. The van der Waals surface area contributed by atoms with Gasteiger partial charge in [0, 0.05) is 43.8 Å². The Morgan fingerprint density at radius 2 is 1.41 bits per heavy atom. The third-order valence-corrected chi connectivity index (χ3v) is 10.9. The Hall–Kier alpha value is -2.94. The van der Waals surface area contributed by atoms with Gasteiger partial charge in [-0.25, -0.2) is 0 Å². The summed E-state index contributed by atoms with van der Waals surface area (Å²) in [5.74, 6) is 2.17. The highest BCUT2D eigenvalue weighted by Gasteiger charge is 2.55. The highest BCUT2D eigenvalue weighted by Crippen LogP contribution is 2.58. The van der Waals surface area contributed by atoms with Gasteiger partial charge in [0.15, 0.2) is 0 Å². The van der Waals surface area contributed by atoms with Crippen molar-refractivity contribution in [2.24, 2.45) is 11.3 Å². The molecule has 1 aromatic carbocycles. The molecule has 1 heterocycles. The number of aryl methyl sites for hydroxylation is 1. The second-order valence-electron chi connectivity index (χ2n) is 16.9. The standard InChI is InChI=1S/C42H68N4O5/c1-7-8-9-10-11-12-13-14-15-16-17-18-19-20-37(47)44-35-29-42(30-35)27-34(28-42)38(48)43-31-41(5,6)49-26-25-40(3,4)51-36-23-21-33(22-24-36)39-46-45-32(2)50-39/h21-24,34-35H,7-20,25-31H2,1-6H3,(H,43,48)(H,44,47). The molecule has 2 aliphatic rings. The number of nitrogens with zero attached hydrogens (tertiary/aromatic N) is 2. The number of hydrogen-bond acceptors (Lipinski definition) is 7. The molecule has 2 N–H and O–H groups in total. The quantitative estimate of drug-likeness (QED) is 0.0987. The van der Waals surface area contributed by atoms with Crippen LogP contribution in [0.2, 0.25) is 0 Å². The van der Waals surface area contributed by atoms with Crippen LogP contribution in [0.15, 0.2) is 28.7 Å². The lowest BCUT2D eigenvalue weighted by Gasteiger charge is -2.57. The summed E-state index contributed by atoms with van der Waals surface area (Å²) in [5.41, 5.74) is 0.171. The molecule has 9 heteroatoms. The molecule has 1 spiro atoms. The highest BCUT2D eigenvalue weighted by molar-refractivity contribution is 5.80. The number of rotatable bonds is 25. The fourth-order valence-corrected chi connectivity index (χ4v) is 7.71. The third kappa shape index (κ3) is 14.2. The second-order valence-corrected chi connectivity index (χ2v) is 16.9. The molecule has 51 heavy (non-hydrogen) atoms. The monoisotopic (exact) mass is 709 g/mol. The summed E-state index contributed by atoms with van der Waals surface area (Å²) in [6.07, 6.45) is 22.3. The van der Waals surface area contributed by atoms with Gasteiger partial charge in [0.2, 0.25) is 23.6 Å². The minimum atomic E-state index is -0.490. The molecule has 1 aromatic heterocycles. The van der Waals surface area contributed by atoms with E-state index < -0.39 is 11.2 Å². The van der Waals surface area contributed by atoms with E-state index in [1.807, 2.05) is 52.0 Å². The van der Waals surface area contributed by atoms with Crippen molar-refractivity contribution in [2.75, 3.05) is 13.2 Å². The van der Waals surface area contributed by atoms with E-state index in [1.165, 1.54) is 70.6 Å². The average Bonchev–Trinajstić information content (AvgIpc) is 3.48. The zero-order valence-electron chi connectivity index (χ0n) is 32.7. The summed E-state index contributed by atoms with van der Waals surface area (Å²) >= 11 is 0. The number of aromatic nitrogens is 2. The maximum absolute atomic E-state index is 12.9. The van der Waals surface area contributed by atoms with E-state index >= 15 is 0 Å². The Kier molecular flexibility index (Phi) is 15.8. The molecule has 9 nitrogen and oxygen atoms in total. The summed E-state index contributed by atoms with van der Waals surface area (Å²) in [4.78, 5) is 25.4. The van der Waals surface area contributed by atoms with Crippen LogP contribution in [-0.4, -0.2) is 52.4 Å². The molecule has 2 fully saturated rings. The van der Waals surface area contributed by atoms with Gasteiger partial charge in [0.1, 0.15) is 11.4 Å². The van der Waals surface area contributed by atoms with Crippen LogP contribution >= 0.6 is 0 Å². The van der Waals surface area contributed by atoms with Crippen molar-refractivity contribution < 1.29 is 23.5 Å². The maximum Gasteiger partial charge on any atom is 0.247 e. The first-order valence-corrected chi connectivity index (χ1v) is 20.2. The lowest BCUT2D eigenvalue weighted by Crippen LogP contribution is -2.58. The number of carbonyl (C=O) groups is 2. The van der Waals surface area contributed by atoms with Crippen LogP contribution in [0.3, 0.4) is 0 Å². The van der Waals surface area contributed by atoms with Crippen molar-refractivity contribution in [3.8, 4) is 17.2 Å². The summed E-state index contributed by atoms with van der Waals surface area (Å²) in [7, 11) is 0. The molecule has 0 atom stereocenters. The maximum atomic E-state index is 12.9. The fourth-order valence-electron chi connectivity index (χ4n) is 7.71. The Balaban J connectivity index is 0.990. The third-order valence-electron chi connectivity index (χ3n) is 10.9. The van der Waals surface area contributed by atoms with Crippen molar-refractivity contribution in [3.05, 3.63) is 30.2 Å². The zero-order chi connectivity index (χ0) is 36.7. The van der Waals surface area contributed by atoms with Gasteiger partial charge in [-0.3, -0.25) is 9.59 Å². The first-order valence-electron chi connectivity index (χ1n) is 20.2. The summed E-state index contributed by atoms with van der Waals surface area (Å²) < 4.78 is 17.9. The summed E-state index contributed by atoms with van der Waals surface area (Å²) in [5, 5.41) is 14.3. The Morgan fingerprint density at radius 3 is 1.98 bits per heavy atom. The van der Waals surface area contributed by atoms with Crippen LogP contribution in [0.5, 0.6) is 5.75 Å². The van der Waals surface area contributed by atoms with E-state index in [2.05, 4.69) is 27.8 Å². The van der Waals surface area contributed by atoms with Gasteiger partial charge >= 0.3 is 0 Å². The van der Waals surface area contributed by atoms with Crippen LogP contribution in [-0.2, 0) is 14.3 Å². The van der Waals surface area contributed by atoms with Gasteiger partial charge in [-0.1, -0.05) is 84.0 Å². The van der Waals surface area contributed by atoms with Crippen molar-refractivity contribution in [1.29, 1.82) is 0 Å². The molecule has 2 amide bonds. The normalized spacial score (nSPS) is 20.1. The van der Waals surface area contributed by atoms with Crippen molar-refractivity contribution in [2.45, 2.75) is 181 Å².